The van der Waals surface area contributed by atoms with Crippen LogP contribution in [0.4, 0.5) is 5.69 Å². The largest absolute Gasteiger partial charge is 0.453 e. The molecular weight excluding hydrogens is 414 g/mol. The molecule has 2 aromatic rings. The van der Waals surface area contributed by atoms with E-state index in [1.54, 1.807) is 19.3 Å². The number of anilines is 1. The number of carbonyl (C=O) groups excluding carboxylic acids is 2. The van der Waals surface area contributed by atoms with Crippen LogP contribution in [0.2, 0.25) is 0 Å². The van der Waals surface area contributed by atoms with Crippen LogP contribution in [-0.4, -0.2) is 51.9 Å². The molecule has 0 bridgehead atoms. The maximum absolute atomic E-state index is 12.7. The van der Waals surface area contributed by atoms with E-state index >= 15 is 0 Å². The SMILES string of the molecule is CCCC(=O)O[C@@H](C)C(=O)N1CCN=C1Nc1ccc2nccnc2c1Br. The number of nitrogens with one attached hydrogen (secondary N) is 1. The summed E-state index contributed by atoms with van der Waals surface area (Å²) in [6, 6.07) is 3.68. The zero-order chi connectivity index (χ0) is 19.4. The van der Waals surface area contributed by atoms with Crippen molar-refractivity contribution in [2.75, 3.05) is 18.4 Å². The fraction of sp³-hybridized carbons (Fsp3) is 0.389. The van der Waals surface area contributed by atoms with Gasteiger partial charge in [0.1, 0.15) is 5.52 Å². The summed E-state index contributed by atoms with van der Waals surface area (Å²) in [4.78, 5) is 38.8. The van der Waals surface area contributed by atoms with E-state index in [0.717, 1.165) is 15.7 Å². The zero-order valence-electron chi connectivity index (χ0n) is 15.1. The number of fused-ring (bicyclic) bond motifs is 1. The average Bonchev–Trinajstić information content (AvgIpc) is 3.12. The molecule has 1 N–H and O–H groups in total. The Labute approximate surface area is 165 Å². The van der Waals surface area contributed by atoms with Gasteiger partial charge in [0.2, 0.25) is 5.96 Å². The van der Waals surface area contributed by atoms with Crippen molar-refractivity contribution < 1.29 is 14.3 Å². The van der Waals surface area contributed by atoms with E-state index in [-0.39, 0.29) is 11.9 Å². The van der Waals surface area contributed by atoms with Gasteiger partial charge in [0.15, 0.2) is 6.10 Å². The van der Waals surface area contributed by atoms with Gasteiger partial charge in [-0.25, -0.2) is 0 Å². The van der Waals surface area contributed by atoms with Crippen molar-refractivity contribution in [2.24, 2.45) is 4.99 Å². The highest BCUT2D eigenvalue weighted by atomic mass is 79.9. The summed E-state index contributed by atoms with van der Waals surface area (Å²) in [7, 11) is 0. The summed E-state index contributed by atoms with van der Waals surface area (Å²) in [6.45, 7) is 4.37. The lowest BCUT2D eigenvalue weighted by molar-refractivity contribution is -0.157. The third-order valence-corrected chi connectivity index (χ3v) is 4.84. The fourth-order valence-corrected chi connectivity index (χ4v) is 3.26. The molecule has 1 aliphatic rings. The number of ether oxygens (including phenoxy) is 1. The fourth-order valence-electron chi connectivity index (χ4n) is 2.72. The predicted octanol–water partition coefficient (Wildman–Crippen LogP) is 2.73. The van der Waals surface area contributed by atoms with Gasteiger partial charge < -0.3 is 10.1 Å². The Balaban J connectivity index is 1.74. The second-order valence-electron chi connectivity index (χ2n) is 6.05. The molecule has 1 atom stereocenters. The van der Waals surface area contributed by atoms with Crippen molar-refractivity contribution in [3.63, 3.8) is 0 Å². The Morgan fingerprint density at radius 3 is 2.89 bits per heavy atom. The van der Waals surface area contributed by atoms with Gasteiger partial charge in [-0.15, -0.1) is 0 Å². The molecule has 2 heterocycles. The van der Waals surface area contributed by atoms with Crippen molar-refractivity contribution in [2.45, 2.75) is 32.8 Å². The van der Waals surface area contributed by atoms with Crippen molar-refractivity contribution in [3.8, 4) is 0 Å². The minimum Gasteiger partial charge on any atom is -0.453 e. The van der Waals surface area contributed by atoms with Gasteiger partial charge in [0.05, 0.1) is 22.2 Å². The second kappa shape index (κ2) is 8.43. The number of guanidine groups is 1. The van der Waals surface area contributed by atoms with Gasteiger partial charge in [-0.3, -0.25) is 29.4 Å². The van der Waals surface area contributed by atoms with Crippen molar-refractivity contribution in [1.29, 1.82) is 0 Å². The number of hydrogen-bond acceptors (Lipinski definition) is 7. The minimum atomic E-state index is -0.861. The number of halogens is 1. The highest BCUT2D eigenvalue weighted by molar-refractivity contribution is 9.10. The highest BCUT2D eigenvalue weighted by Gasteiger charge is 2.30. The molecule has 8 nitrogen and oxygen atoms in total. The molecule has 0 saturated heterocycles. The molecule has 0 radical (unpaired) electrons. The van der Waals surface area contributed by atoms with Gasteiger partial charge in [-0.05, 0) is 41.4 Å². The van der Waals surface area contributed by atoms with E-state index in [9.17, 15) is 9.59 Å². The molecule has 0 unspecified atom stereocenters. The van der Waals surface area contributed by atoms with Crippen LogP contribution >= 0.6 is 15.9 Å². The quantitative estimate of drug-likeness (QED) is 0.727. The van der Waals surface area contributed by atoms with Crippen molar-refractivity contribution >= 4 is 50.5 Å². The number of amides is 1. The maximum atomic E-state index is 12.7. The number of aliphatic imine (C=N–C) groups is 1. The van der Waals surface area contributed by atoms with E-state index in [4.69, 9.17) is 4.74 Å². The number of rotatable bonds is 5. The first-order valence-electron chi connectivity index (χ1n) is 8.72. The monoisotopic (exact) mass is 433 g/mol. The first kappa shape index (κ1) is 19.2. The molecule has 0 aliphatic carbocycles. The minimum absolute atomic E-state index is 0.294. The van der Waals surface area contributed by atoms with E-state index in [2.05, 4.69) is 36.2 Å². The topological polar surface area (TPSA) is 96.8 Å². The summed E-state index contributed by atoms with van der Waals surface area (Å²) in [6.07, 6.45) is 3.36. The smallest absolute Gasteiger partial charge is 0.306 e. The predicted molar refractivity (Wildman–Crippen MR) is 105 cm³/mol. The Kier molecular flexibility index (Phi) is 6.00. The number of nitrogens with zero attached hydrogens (tertiary/aromatic N) is 4. The Morgan fingerprint density at radius 2 is 2.11 bits per heavy atom. The van der Waals surface area contributed by atoms with Crippen LogP contribution in [0, 0.1) is 0 Å². The first-order chi connectivity index (χ1) is 13.0. The van der Waals surface area contributed by atoms with Crippen LogP contribution in [0.25, 0.3) is 11.0 Å². The average molecular weight is 434 g/mol. The Bertz CT molecular complexity index is 902. The lowest BCUT2D eigenvalue weighted by Gasteiger charge is -2.23. The van der Waals surface area contributed by atoms with Gasteiger partial charge in [-0.2, -0.15) is 0 Å². The molecule has 0 saturated carbocycles. The molecule has 142 valence electrons. The van der Waals surface area contributed by atoms with Gasteiger partial charge in [-0.1, -0.05) is 6.92 Å². The van der Waals surface area contributed by atoms with E-state index in [0.29, 0.717) is 37.4 Å². The van der Waals surface area contributed by atoms with Crippen LogP contribution in [0.15, 0.2) is 34.0 Å². The third kappa shape index (κ3) is 4.24. The highest BCUT2D eigenvalue weighted by Crippen LogP contribution is 2.29. The molecule has 0 fully saturated rings. The molecule has 9 heteroatoms. The molecular formula is C18H20BrN5O3. The normalized spacial score (nSPS) is 14.8. The Morgan fingerprint density at radius 1 is 1.33 bits per heavy atom. The third-order valence-electron chi connectivity index (χ3n) is 4.04. The number of benzene rings is 1. The Hall–Kier alpha value is -2.55. The van der Waals surface area contributed by atoms with E-state index in [1.807, 2.05) is 19.1 Å². The van der Waals surface area contributed by atoms with Crippen LogP contribution in [-0.2, 0) is 14.3 Å². The van der Waals surface area contributed by atoms with Crippen LogP contribution in [0.3, 0.4) is 0 Å². The first-order valence-corrected chi connectivity index (χ1v) is 9.52. The number of esters is 1. The van der Waals surface area contributed by atoms with E-state index < -0.39 is 6.10 Å². The standard InChI is InChI=1S/C18H20BrN5O3/c1-3-4-14(25)27-11(2)17(26)24-10-9-22-18(24)23-12-5-6-13-16(15(12)19)21-8-7-20-13/h5-8,11H,3-4,9-10H2,1-2H3,(H,22,23)/t11-/m0/s1. The summed E-state index contributed by atoms with van der Waals surface area (Å²) in [5.74, 6) is -0.262. The molecule has 1 aromatic carbocycles. The molecule has 27 heavy (non-hydrogen) atoms. The maximum Gasteiger partial charge on any atom is 0.306 e. The lowest BCUT2D eigenvalue weighted by atomic mass is 10.2. The zero-order valence-corrected chi connectivity index (χ0v) is 16.7. The molecule has 1 aromatic heterocycles. The van der Waals surface area contributed by atoms with Crippen LogP contribution < -0.4 is 5.32 Å². The van der Waals surface area contributed by atoms with Gasteiger partial charge >= 0.3 is 5.97 Å². The van der Waals surface area contributed by atoms with Gasteiger partial charge in [0.25, 0.3) is 5.91 Å². The summed E-state index contributed by atoms with van der Waals surface area (Å²) in [5, 5.41) is 3.17. The summed E-state index contributed by atoms with van der Waals surface area (Å²) < 4.78 is 5.94. The summed E-state index contributed by atoms with van der Waals surface area (Å²) in [5.41, 5.74) is 2.19. The molecule has 3 rings (SSSR count). The second-order valence-corrected chi connectivity index (χ2v) is 6.85. The van der Waals surface area contributed by atoms with Crippen molar-refractivity contribution in [1.82, 2.24) is 14.9 Å². The molecule has 0 spiro atoms. The van der Waals surface area contributed by atoms with Crippen LogP contribution in [0.1, 0.15) is 26.7 Å². The summed E-state index contributed by atoms with van der Waals surface area (Å²) >= 11 is 3.53. The molecule has 1 amide bonds. The van der Waals surface area contributed by atoms with Crippen molar-refractivity contribution in [3.05, 3.63) is 29.0 Å². The number of hydrogen-bond donors (Lipinski definition) is 1. The van der Waals surface area contributed by atoms with E-state index in [1.165, 1.54) is 4.90 Å². The lowest BCUT2D eigenvalue weighted by Crippen LogP contribution is -2.44. The molecule has 1 aliphatic heterocycles. The van der Waals surface area contributed by atoms with Crippen LogP contribution in [0.5, 0.6) is 0 Å². The van der Waals surface area contributed by atoms with Gasteiger partial charge in [0, 0.05) is 25.4 Å². The number of aromatic nitrogens is 2. The number of carbonyl (C=O) groups is 2.